The highest BCUT2D eigenvalue weighted by molar-refractivity contribution is 6.10. The number of hydrogen-bond donors (Lipinski definition) is 0. The SMILES string of the molecule is O=C(OCc1ccccc1)N1CC(=O)N(C2CC2)c2ccccc21. The van der Waals surface area contributed by atoms with Crippen molar-refractivity contribution in [2.24, 2.45) is 0 Å². The lowest BCUT2D eigenvalue weighted by Crippen LogP contribution is -2.49. The lowest BCUT2D eigenvalue weighted by molar-refractivity contribution is -0.117. The highest BCUT2D eigenvalue weighted by atomic mass is 16.6. The van der Waals surface area contributed by atoms with E-state index in [1.165, 1.54) is 4.90 Å². The Morgan fingerprint density at radius 3 is 2.38 bits per heavy atom. The Kier molecular flexibility index (Phi) is 3.69. The van der Waals surface area contributed by atoms with Gasteiger partial charge >= 0.3 is 6.09 Å². The number of hydrogen-bond acceptors (Lipinski definition) is 3. The average molecular weight is 322 g/mol. The number of carbonyl (C=O) groups is 2. The van der Waals surface area contributed by atoms with Crippen LogP contribution in [0.1, 0.15) is 18.4 Å². The molecule has 0 radical (unpaired) electrons. The molecule has 1 aliphatic carbocycles. The summed E-state index contributed by atoms with van der Waals surface area (Å²) in [4.78, 5) is 28.3. The summed E-state index contributed by atoms with van der Waals surface area (Å²) in [5.74, 6) is -0.0483. The van der Waals surface area contributed by atoms with E-state index in [0.29, 0.717) is 0 Å². The Labute approximate surface area is 140 Å². The molecule has 2 aromatic rings. The first-order valence-electron chi connectivity index (χ1n) is 8.13. The van der Waals surface area contributed by atoms with Crippen LogP contribution in [0.3, 0.4) is 0 Å². The zero-order valence-corrected chi connectivity index (χ0v) is 13.2. The molecule has 4 rings (SSSR count). The molecule has 122 valence electrons. The maximum atomic E-state index is 12.5. The zero-order chi connectivity index (χ0) is 16.5. The predicted octanol–water partition coefficient (Wildman–Crippen LogP) is 3.34. The first-order chi connectivity index (χ1) is 11.7. The van der Waals surface area contributed by atoms with Crippen LogP contribution in [0.15, 0.2) is 54.6 Å². The van der Waals surface area contributed by atoms with Gasteiger partial charge in [0.2, 0.25) is 5.91 Å². The van der Waals surface area contributed by atoms with Crippen LogP contribution < -0.4 is 9.80 Å². The van der Waals surface area contributed by atoms with Crippen LogP contribution in [0.5, 0.6) is 0 Å². The van der Waals surface area contributed by atoms with Gasteiger partial charge in [-0.15, -0.1) is 0 Å². The minimum Gasteiger partial charge on any atom is -0.444 e. The van der Waals surface area contributed by atoms with Gasteiger partial charge in [0.05, 0.1) is 11.4 Å². The maximum absolute atomic E-state index is 12.5. The topological polar surface area (TPSA) is 49.9 Å². The van der Waals surface area contributed by atoms with Crippen molar-refractivity contribution < 1.29 is 14.3 Å². The fraction of sp³-hybridized carbons (Fsp3) is 0.263. The number of benzene rings is 2. The molecule has 0 aromatic heterocycles. The van der Waals surface area contributed by atoms with Crippen molar-refractivity contribution in [1.29, 1.82) is 0 Å². The molecule has 5 nitrogen and oxygen atoms in total. The van der Waals surface area contributed by atoms with Crippen LogP contribution in [0.25, 0.3) is 0 Å². The first kappa shape index (κ1) is 14.8. The van der Waals surface area contributed by atoms with E-state index in [0.717, 1.165) is 29.8 Å². The number of anilines is 2. The second-order valence-electron chi connectivity index (χ2n) is 6.11. The van der Waals surface area contributed by atoms with Crippen LogP contribution >= 0.6 is 0 Å². The third kappa shape index (κ3) is 2.73. The second-order valence-corrected chi connectivity index (χ2v) is 6.11. The number of nitrogens with zero attached hydrogens (tertiary/aromatic N) is 2. The van der Waals surface area contributed by atoms with Gasteiger partial charge in [-0.3, -0.25) is 9.69 Å². The predicted molar refractivity (Wildman–Crippen MR) is 90.9 cm³/mol. The van der Waals surface area contributed by atoms with Crippen LogP contribution in [0, 0.1) is 0 Å². The van der Waals surface area contributed by atoms with E-state index in [-0.39, 0.29) is 25.1 Å². The molecule has 0 bridgehead atoms. The third-order valence-electron chi connectivity index (χ3n) is 4.33. The molecule has 2 aliphatic rings. The van der Waals surface area contributed by atoms with Crippen LogP contribution in [0.2, 0.25) is 0 Å². The van der Waals surface area contributed by atoms with Gasteiger partial charge < -0.3 is 9.64 Å². The molecule has 2 amide bonds. The minimum atomic E-state index is -0.491. The lowest BCUT2D eigenvalue weighted by Gasteiger charge is -2.35. The van der Waals surface area contributed by atoms with Crippen molar-refractivity contribution in [2.45, 2.75) is 25.5 Å². The van der Waals surface area contributed by atoms with E-state index in [1.54, 1.807) is 0 Å². The summed E-state index contributed by atoms with van der Waals surface area (Å²) in [6.45, 7) is 0.222. The van der Waals surface area contributed by atoms with Crippen molar-refractivity contribution in [2.75, 3.05) is 16.3 Å². The van der Waals surface area contributed by atoms with Crippen molar-refractivity contribution in [3.8, 4) is 0 Å². The standard InChI is InChI=1S/C19H18N2O3/c22-18-12-20(19(23)24-13-14-6-2-1-3-7-14)16-8-4-5-9-17(16)21(18)15-10-11-15/h1-9,15H,10-13H2. The smallest absolute Gasteiger partial charge is 0.415 e. The fourth-order valence-electron chi connectivity index (χ4n) is 3.02. The summed E-state index contributed by atoms with van der Waals surface area (Å²) in [5.41, 5.74) is 2.46. The molecule has 0 spiro atoms. The summed E-state index contributed by atoms with van der Waals surface area (Å²) >= 11 is 0. The molecule has 0 atom stereocenters. The number of fused-ring (bicyclic) bond motifs is 1. The summed E-state index contributed by atoms with van der Waals surface area (Å²) < 4.78 is 5.40. The molecule has 24 heavy (non-hydrogen) atoms. The molecule has 0 unspecified atom stereocenters. The molecule has 2 aromatic carbocycles. The minimum absolute atomic E-state index is 0.0289. The van der Waals surface area contributed by atoms with E-state index in [4.69, 9.17) is 4.74 Å². The van der Waals surface area contributed by atoms with Gasteiger partial charge in [-0.05, 0) is 30.5 Å². The summed E-state index contributed by atoms with van der Waals surface area (Å²) in [5, 5.41) is 0. The maximum Gasteiger partial charge on any atom is 0.415 e. The summed E-state index contributed by atoms with van der Waals surface area (Å²) in [6.07, 6.45) is 1.56. The van der Waals surface area contributed by atoms with E-state index in [9.17, 15) is 9.59 Å². The van der Waals surface area contributed by atoms with Gasteiger partial charge in [0, 0.05) is 6.04 Å². The normalized spacial score (nSPS) is 16.8. The van der Waals surface area contributed by atoms with Gasteiger partial charge in [-0.2, -0.15) is 0 Å². The fourth-order valence-corrected chi connectivity index (χ4v) is 3.02. The number of amides is 2. The highest BCUT2D eigenvalue weighted by Gasteiger charge is 2.40. The Morgan fingerprint density at radius 1 is 1.00 bits per heavy atom. The third-order valence-corrected chi connectivity index (χ3v) is 4.33. The number of carbonyl (C=O) groups excluding carboxylic acids is 2. The molecule has 1 heterocycles. The molecule has 0 N–H and O–H groups in total. The Morgan fingerprint density at radius 2 is 1.67 bits per heavy atom. The Hall–Kier alpha value is -2.82. The second kappa shape index (κ2) is 6.00. The molecule has 5 heteroatoms. The van der Waals surface area contributed by atoms with Crippen LogP contribution in [-0.4, -0.2) is 24.6 Å². The molecular weight excluding hydrogens is 304 g/mol. The monoisotopic (exact) mass is 322 g/mol. The summed E-state index contributed by atoms with van der Waals surface area (Å²) in [6, 6.07) is 17.3. The Balaban J connectivity index is 1.55. The zero-order valence-electron chi connectivity index (χ0n) is 13.2. The van der Waals surface area contributed by atoms with Gasteiger partial charge in [0.1, 0.15) is 13.2 Å². The van der Waals surface area contributed by atoms with Crippen molar-refractivity contribution in [3.63, 3.8) is 0 Å². The molecule has 0 saturated heterocycles. The van der Waals surface area contributed by atoms with Gasteiger partial charge in [-0.25, -0.2) is 4.79 Å². The number of para-hydroxylation sites is 2. The molecule has 1 aliphatic heterocycles. The largest absolute Gasteiger partial charge is 0.444 e. The summed E-state index contributed by atoms with van der Waals surface area (Å²) in [7, 11) is 0. The highest BCUT2D eigenvalue weighted by Crippen LogP contribution is 2.40. The van der Waals surface area contributed by atoms with Crippen molar-refractivity contribution >= 4 is 23.4 Å². The average Bonchev–Trinajstić information content (AvgIpc) is 3.44. The number of ether oxygens (including phenoxy) is 1. The number of rotatable bonds is 3. The van der Waals surface area contributed by atoms with E-state index >= 15 is 0 Å². The first-order valence-corrected chi connectivity index (χ1v) is 8.13. The van der Waals surface area contributed by atoms with Gasteiger partial charge in [0.15, 0.2) is 0 Å². The van der Waals surface area contributed by atoms with Crippen LogP contribution in [0.4, 0.5) is 16.2 Å². The van der Waals surface area contributed by atoms with Crippen molar-refractivity contribution in [1.82, 2.24) is 0 Å². The van der Waals surface area contributed by atoms with Gasteiger partial charge in [0.25, 0.3) is 0 Å². The molecular formula is C19H18N2O3. The van der Waals surface area contributed by atoms with E-state index in [2.05, 4.69) is 0 Å². The van der Waals surface area contributed by atoms with E-state index in [1.807, 2.05) is 59.5 Å². The molecule has 1 saturated carbocycles. The molecule has 1 fully saturated rings. The van der Waals surface area contributed by atoms with E-state index < -0.39 is 6.09 Å². The van der Waals surface area contributed by atoms with Crippen molar-refractivity contribution in [3.05, 3.63) is 60.2 Å². The van der Waals surface area contributed by atoms with Crippen LogP contribution in [-0.2, 0) is 16.1 Å². The quantitative estimate of drug-likeness (QED) is 0.871. The Bertz CT molecular complexity index is 771. The lowest BCUT2D eigenvalue weighted by atomic mass is 10.1. The van der Waals surface area contributed by atoms with Gasteiger partial charge in [-0.1, -0.05) is 42.5 Å².